The fourth-order valence-corrected chi connectivity index (χ4v) is 0.908. The zero-order valence-electron chi connectivity index (χ0n) is 11.8. The number of para-hydroxylation sites is 1. The lowest BCUT2D eigenvalue weighted by Gasteiger charge is -2.05. The van der Waals surface area contributed by atoms with E-state index < -0.39 is 5.91 Å². The average Bonchev–Trinajstić information content (AvgIpc) is 2.44. The summed E-state index contributed by atoms with van der Waals surface area (Å²) in [7, 11) is 0. The predicted octanol–water partition coefficient (Wildman–Crippen LogP) is 2.62. The number of hydrogen-bond acceptors (Lipinski definition) is 3. The van der Waals surface area contributed by atoms with E-state index in [2.05, 4.69) is 0 Å². The number of nitrogens with two attached hydrogens (primary N) is 1. The highest BCUT2D eigenvalue weighted by molar-refractivity contribution is 5.74. The van der Waals surface area contributed by atoms with Gasteiger partial charge in [-0.3, -0.25) is 4.79 Å². The number of carbonyl (C=O) groups is 1. The molecule has 0 aliphatic rings. The van der Waals surface area contributed by atoms with E-state index in [0.717, 1.165) is 5.75 Å². The maximum Gasteiger partial charge on any atom is 0.243 e. The molecule has 4 heteroatoms. The summed E-state index contributed by atoms with van der Waals surface area (Å²) in [6, 6.07) is 9.40. The van der Waals surface area contributed by atoms with E-state index in [0.29, 0.717) is 13.2 Å². The highest BCUT2D eigenvalue weighted by atomic mass is 16.5. The van der Waals surface area contributed by atoms with Crippen LogP contribution in [0.15, 0.2) is 30.3 Å². The van der Waals surface area contributed by atoms with Gasteiger partial charge in [0.2, 0.25) is 5.91 Å². The summed E-state index contributed by atoms with van der Waals surface area (Å²) in [6.45, 7) is 8.72. The fraction of sp³-hybridized carbons (Fsp3) is 0.500. The third kappa shape index (κ3) is 12.5. The quantitative estimate of drug-likeness (QED) is 0.795. The van der Waals surface area contributed by atoms with Crippen molar-refractivity contribution in [2.24, 2.45) is 5.73 Å². The van der Waals surface area contributed by atoms with Crippen LogP contribution >= 0.6 is 0 Å². The first-order chi connectivity index (χ1) is 8.79. The molecule has 0 unspecified atom stereocenters. The third-order valence-electron chi connectivity index (χ3n) is 1.48. The Kier molecular flexibility index (Phi) is 16.1. The molecule has 1 aromatic rings. The van der Waals surface area contributed by atoms with Crippen LogP contribution in [0.5, 0.6) is 5.75 Å². The van der Waals surface area contributed by atoms with Crippen molar-refractivity contribution < 1.29 is 14.3 Å². The molecule has 18 heavy (non-hydrogen) atoms. The largest absolute Gasteiger partial charge is 0.491 e. The second-order valence-corrected chi connectivity index (χ2v) is 2.68. The van der Waals surface area contributed by atoms with Gasteiger partial charge in [0.1, 0.15) is 19.0 Å². The summed E-state index contributed by atoms with van der Waals surface area (Å²) in [4.78, 5) is 10.3. The molecule has 0 radical (unpaired) electrons. The van der Waals surface area contributed by atoms with Crippen molar-refractivity contribution in [3.8, 4) is 5.75 Å². The Balaban J connectivity index is 0. The van der Waals surface area contributed by atoms with Crippen LogP contribution in [0, 0.1) is 0 Å². The smallest absolute Gasteiger partial charge is 0.243 e. The number of primary amides is 1. The molecule has 1 rings (SSSR count). The second kappa shape index (κ2) is 15.4. The minimum Gasteiger partial charge on any atom is -0.491 e. The van der Waals surface area contributed by atoms with Gasteiger partial charge >= 0.3 is 0 Å². The zero-order valence-corrected chi connectivity index (χ0v) is 11.8. The lowest BCUT2D eigenvalue weighted by Crippen LogP contribution is -2.20. The van der Waals surface area contributed by atoms with Gasteiger partial charge in [-0.15, -0.1) is 0 Å². The lowest BCUT2D eigenvalue weighted by atomic mass is 10.3. The molecule has 0 heterocycles. The fourth-order valence-electron chi connectivity index (χ4n) is 0.908. The van der Waals surface area contributed by atoms with E-state index in [4.69, 9.17) is 15.2 Å². The van der Waals surface area contributed by atoms with Gasteiger partial charge in [0.25, 0.3) is 0 Å². The molecule has 0 aromatic heterocycles. The van der Waals surface area contributed by atoms with Gasteiger partial charge < -0.3 is 15.2 Å². The van der Waals surface area contributed by atoms with Gasteiger partial charge in [-0.05, 0) is 12.1 Å². The lowest BCUT2D eigenvalue weighted by molar-refractivity contribution is -0.122. The Morgan fingerprint density at radius 3 is 2.11 bits per heavy atom. The number of hydrogen-bond donors (Lipinski definition) is 1. The standard InChI is InChI=1S/C10H13NO3.2C2H6/c11-10(12)8-13-6-7-14-9-4-2-1-3-5-9;2*1-2/h1-5H,6-8H2,(H2,11,12);2*1-2H3. The molecule has 104 valence electrons. The molecule has 0 aliphatic carbocycles. The molecule has 0 atom stereocenters. The Morgan fingerprint density at radius 1 is 1.06 bits per heavy atom. The van der Waals surface area contributed by atoms with Crippen molar-refractivity contribution in [1.82, 2.24) is 0 Å². The van der Waals surface area contributed by atoms with Crippen molar-refractivity contribution in [3.63, 3.8) is 0 Å². The van der Waals surface area contributed by atoms with E-state index in [1.54, 1.807) is 0 Å². The predicted molar refractivity (Wildman–Crippen MR) is 74.6 cm³/mol. The Morgan fingerprint density at radius 2 is 1.61 bits per heavy atom. The molecule has 0 saturated carbocycles. The molecule has 4 nitrogen and oxygen atoms in total. The maximum atomic E-state index is 10.3. The van der Waals surface area contributed by atoms with Gasteiger partial charge in [-0.25, -0.2) is 0 Å². The minimum atomic E-state index is -0.468. The van der Waals surface area contributed by atoms with Crippen LogP contribution in [0.25, 0.3) is 0 Å². The van der Waals surface area contributed by atoms with Gasteiger partial charge in [-0.2, -0.15) is 0 Å². The Labute approximate surface area is 110 Å². The van der Waals surface area contributed by atoms with Crippen molar-refractivity contribution in [2.75, 3.05) is 19.8 Å². The van der Waals surface area contributed by atoms with Gasteiger partial charge in [0, 0.05) is 0 Å². The number of rotatable bonds is 6. The van der Waals surface area contributed by atoms with E-state index >= 15 is 0 Å². The van der Waals surface area contributed by atoms with Crippen LogP contribution in [0.4, 0.5) is 0 Å². The third-order valence-corrected chi connectivity index (χ3v) is 1.48. The van der Waals surface area contributed by atoms with E-state index in [-0.39, 0.29) is 6.61 Å². The summed E-state index contributed by atoms with van der Waals surface area (Å²) in [5.41, 5.74) is 4.88. The first-order valence-electron chi connectivity index (χ1n) is 6.33. The Bertz CT molecular complexity index is 276. The number of ether oxygens (including phenoxy) is 2. The molecule has 0 fully saturated rings. The highest BCUT2D eigenvalue weighted by Crippen LogP contribution is 2.07. The van der Waals surface area contributed by atoms with Gasteiger partial charge in [-0.1, -0.05) is 45.9 Å². The van der Waals surface area contributed by atoms with E-state index in [9.17, 15) is 4.79 Å². The first kappa shape index (κ1) is 18.8. The van der Waals surface area contributed by atoms with Gasteiger partial charge in [0.05, 0.1) is 6.61 Å². The number of benzene rings is 1. The number of amides is 1. The Hall–Kier alpha value is -1.55. The molecule has 1 amide bonds. The zero-order chi connectivity index (χ0) is 14.2. The monoisotopic (exact) mass is 255 g/mol. The van der Waals surface area contributed by atoms with Crippen LogP contribution < -0.4 is 10.5 Å². The van der Waals surface area contributed by atoms with Crippen LogP contribution in [0.2, 0.25) is 0 Å². The number of carbonyl (C=O) groups excluding carboxylic acids is 1. The van der Waals surface area contributed by atoms with Gasteiger partial charge in [0.15, 0.2) is 0 Å². The van der Waals surface area contributed by atoms with E-state index in [1.165, 1.54) is 0 Å². The minimum absolute atomic E-state index is 0.0574. The summed E-state index contributed by atoms with van der Waals surface area (Å²) in [6.07, 6.45) is 0. The van der Waals surface area contributed by atoms with Crippen molar-refractivity contribution >= 4 is 5.91 Å². The summed E-state index contributed by atoms with van der Waals surface area (Å²) in [5.74, 6) is 0.319. The van der Waals surface area contributed by atoms with Crippen molar-refractivity contribution in [1.29, 1.82) is 0 Å². The van der Waals surface area contributed by atoms with Crippen LogP contribution in [-0.2, 0) is 9.53 Å². The molecule has 0 spiro atoms. The van der Waals surface area contributed by atoms with Crippen molar-refractivity contribution in [3.05, 3.63) is 30.3 Å². The molecule has 2 N–H and O–H groups in total. The maximum absolute atomic E-state index is 10.3. The first-order valence-corrected chi connectivity index (χ1v) is 6.33. The molecule has 0 bridgehead atoms. The summed E-state index contributed by atoms with van der Waals surface area (Å²) < 4.78 is 10.2. The SMILES string of the molecule is CC.CC.NC(=O)COCCOc1ccccc1. The molecule has 0 saturated heterocycles. The molecular weight excluding hydrogens is 230 g/mol. The summed E-state index contributed by atoms with van der Waals surface area (Å²) in [5, 5.41) is 0. The topological polar surface area (TPSA) is 61.6 Å². The van der Waals surface area contributed by atoms with Crippen molar-refractivity contribution in [2.45, 2.75) is 27.7 Å². The molecule has 0 aliphatic heterocycles. The summed E-state index contributed by atoms with van der Waals surface area (Å²) >= 11 is 0. The molecule has 1 aromatic carbocycles. The second-order valence-electron chi connectivity index (χ2n) is 2.68. The highest BCUT2D eigenvalue weighted by Gasteiger charge is 1.94. The average molecular weight is 255 g/mol. The van der Waals surface area contributed by atoms with E-state index in [1.807, 2.05) is 58.0 Å². The molecular formula is C14H25NO3. The van der Waals surface area contributed by atoms with Crippen LogP contribution in [-0.4, -0.2) is 25.7 Å². The van der Waals surface area contributed by atoms with Crippen LogP contribution in [0.1, 0.15) is 27.7 Å². The normalized spacial score (nSPS) is 8.22. The van der Waals surface area contributed by atoms with Crippen LogP contribution in [0.3, 0.4) is 0 Å².